The lowest BCUT2D eigenvalue weighted by Crippen LogP contribution is -2.12. The van der Waals surface area contributed by atoms with Gasteiger partial charge in [0.25, 0.3) is 5.91 Å². The van der Waals surface area contributed by atoms with Gasteiger partial charge < -0.3 is 5.32 Å². The van der Waals surface area contributed by atoms with Gasteiger partial charge in [-0.25, -0.2) is 4.98 Å². The molecule has 1 aromatic heterocycles. The molecule has 0 fully saturated rings. The Labute approximate surface area is 129 Å². The number of carbonyl (C=O) groups excluding carboxylic acids is 1. The number of amides is 1. The van der Waals surface area contributed by atoms with Gasteiger partial charge in [0.1, 0.15) is 4.60 Å². The van der Waals surface area contributed by atoms with Crippen molar-refractivity contribution in [2.75, 3.05) is 5.32 Å². The summed E-state index contributed by atoms with van der Waals surface area (Å²) >= 11 is 10.0. The number of anilines is 1. The van der Waals surface area contributed by atoms with Crippen LogP contribution in [-0.2, 0) is 0 Å². The van der Waals surface area contributed by atoms with Gasteiger partial charge in [0, 0.05) is 15.1 Å². The molecule has 0 aliphatic rings. The van der Waals surface area contributed by atoms with Gasteiger partial charge in [-0.3, -0.25) is 4.79 Å². The van der Waals surface area contributed by atoms with Gasteiger partial charge in [-0.2, -0.15) is 0 Å². The number of pyridine rings is 1. The molecular weight excluding hydrogens is 428 g/mol. The average molecular weight is 435 g/mol. The topological polar surface area (TPSA) is 42.0 Å². The maximum absolute atomic E-state index is 12.0. The number of halogens is 3. The van der Waals surface area contributed by atoms with Gasteiger partial charge in [-0.15, -0.1) is 0 Å². The van der Waals surface area contributed by atoms with Crippen LogP contribution in [0.1, 0.15) is 10.4 Å². The highest BCUT2D eigenvalue weighted by molar-refractivity contribution is 9.11. The van der Waals surface area contributed by atoms with Crippen molar-refractivity contribution < 1.29 is 4.79 Å². The van der Waals surface area contributed by atoms with Gasteiger partial charge in [0.2, 0.25) is 0 Å². The Morgan fingerprint density at radius 3 is 2.28 bits per heavy atom. The maximum atomic E-state index is 12.0. The van der Waals surface area contributed by atoms with Crippen molar-refractivity contribution in [3.63, 3.8) is 0 Å². The third kappa shape index (κ3) is 3.18. The fourth-order valence-corrected chi connectivity index (χ4v) is 2.74. The van der Waals surface area contributed by atoms with Crippen molar-refractivity contribution >= 4 is 59.4 Å². The molecule has 1 amide bonds. The van der Waals surface area contributed by atoms with E-state index in [1.807, 2.05) is 18.2 Å². The molecule has 6 heteroatoms. The Morgan fingerprint density at radius 1 is 1.06 bits per heavy atom. The van der Waals surface area contributed by atoms with Crippen LogP contribution in [0.15, 0.2) is 50.1 Å². The number of para-hydroxylation sites is 1. The van der Waals surface area contributed by atoms with E-state index in [1.165, 1.54) is 6.20 Å². The summed E-state index contributed by atoms with van der Waals surface area (Å²) in [6, 6.07) is 9.03. The summed E-state index contributed by atoms with van der Waals surface area (Å²) in [6.45, 7) is 0. The molecule has 0 radical (unpaired) electrons. The zero-order valence-corrected chi connectivity index (χ0v) is 13.7. The second kappa shape index (κ2) is 5.95. The van der Waals surface area contributed by atoms with E-state index < -0.39 is 0 Å². The molecule has 0 saturated carbocycles. The molecule has 1 aromatic carbocycles. The quantitative estimate of drug-likeness (QED) is 0.701. The minimum Gasteiger partial charge on any atom is -0.320 e. The highest BCUT2D eigenvalue weighted by atomic mass is 79.9. The minimum atomic E-state index is -0.206. The van der Waals surface area contributed by atoms with E-state index in [0.29, 0.717) is 15.9 Å². The summed E-state index contributed by atoms with van der Waals surface area (Å²) < 4.78 is 2.33. The summed E-state index contributed by atoms with van der Waals surface area (Å²) in [7, 11) is 0. The van der Waals surface area contributed by atoms with Crippen LogP contribution in [0.4, 0.5) is 5.69 Å². The molecule has 2 rings (SSSR count). The van der Waals surface area contributed by atoms with E-state index in [2.05, 4.69) is 58.1 Å². The lowest BCUT2D eigenvalue weighted by molar-refractivity contribution is 0.102. The molecule has 1 heterocycles. The van der Waals surface area contributed by atoms with Crippen molar-refractivity contribution in [1.82, 2.24) is 4.98 Å². The number of nitrogens with one attached hydrogen (secondary N) is 1. The number of nitrogens with zero attached hydrogens (tertiary/aromatic N) is 1. The largest absolute Gasteiger partial charge is 0.320 e. The molecule has 1 N–H and O–H groups in total. The minimum absolute atomic E-state index is 0.206. The van der Waals surface area contributed by atoms with Crippen LogP contribution in [0.25, 0.3) is 0 Å². The van der Waals surface area contributed by atoms with Crippen molar-refractivity contribution in [3.05, 3.63) is 55.6 Å². The number of carbonyl (C=O) groups is 1. The van der Waals surface area contributed by atoms with Crippen molar-refractivity contribution in [2.45, 2.75) is 0 Å². The monoisotopic (exact) mass is 432 g/mol. The molecule has 92 valence electrons. The van der Waals surface area contributed by atoms with E-state index in [9.17, 15) is 4.79 Å². The van der Waals surface area contributed by atoms with E-state index in [4.69, 9.17) is 0 Å². The molecule has 3 nitrogen and oxygen atoms in total. The Balaban J connectivity index is 2.24. The summed E-state index contributed by atoms with van der Waals surface area (Å²) in [6.07, 6.45) is 1.52. The SMILES string of the molecule is O=C(Nc1c(Br)cccc1Br)c1ccc(Br)nc1. The third-order valence-corrected chi connectivity index (χ3v) is 3.98. The van der Waals surface area contributed by atoms with Crippen LogP contribution < -0.4 is 5.32 Å². The fourth-order valence-electron chi connectivity index (χ4n) is 1.31. The first kappa shape index (κ1) is 13.7. The Bertz CT molecular complexity index is 564. The molecule has 0 bridgehead atoms. The maximum Gasteiger partial charge on any atom is 0.257 e. The van der Waals surface area contributed by atoms with Crippen LogP contribution in [-0.4, -0.2) is 10.9 Å². The fraction of sp³-hybridized carbons (Fsp3) is 0. The van der Waals surface area contributed by atoms with Crippen LogP contribution >= 0.6 is 47.8 Å². The highest BCUT2D eigenvalue weighted by Crippen LogP contribution is 2.30. The zero-order valence-electron chi connectivity index (χ0n) is 8.95. The van der Waals surface area contributed by atoms with Gasteiger partial charge in [0.15, 0.2) is 0 Å². The van der Waals surface area contributed by atoms with E-state index in [-0.39, 0.29) is 5.91 Å². The van der Waals surface area contributed by atoms with Gasteiger partial charge in [-0.1, -0.05) is 6.07 Å². The van der Waals surface area contributed by atoms with Crippen LogP contribution in [0, 0.1) is 0 Å². The normalized spacial score (nSPS) is 10.2. The smallest absolute Gasteiger partial charge is 0.257 e. The standard InChI is InChI=1S/C12H7Br3N2O/c13-8-2-1-3-9(14)11(8)17-12(18)7-4-5-10(15)16-6-7/h1-6H,(H,17,18). The summed E-state index contributed by atoms with van der Waals surface area (Å²) in [5.74, 6) is -0.206. The predicted octanol–water partition coefficient (Wildman–Crippen LogP) is 4.62. The lowest BCUT2D eigenvalue weighted by atomic mass is 10.2. The van der Waals surface area contributed by atoms with E-state index in [1.54, 1.807) is 12.1 Å². The summed E-state index contributed by atoms with van der Waals surface area (Å²) in [5.41, 5.74) is 1.20. The number of hydrogen-bond acceptors (Lipinski definition) is 2. The molecule has 0 saturated heterocycles. The molecule has 2 aromatic rings. The first-order valence-electron chi connectivity index (χ1n) is 4.95. The number of aromatic nitrogens is 1. The number of rotatable bonds is 2. The van der Waals surface area contributed by atoms with Crippen molar-refractivity contribution in [3.8, 4) is 0 Å². The summed E-state index contributed by atoms with van der Waals surface area (Å²) in [5, 5.41) is 2.83. The number of hydrogen-bond donors (Lipinski definition) is 1. The molecule has 0 spiro atoms. The molecular formula is C12H7Br3N2O. The van der Waals surface area contributed by atoms with Crippen molar-refractivity contribution in [2.24, 2.45) is 0 Å². The molecule has 0 aliphatic carbocycles. The van der Waals surface area contributed by atoms with Crippen LogP contribution in [0.5, 0.6) is 0 Å². The first-order valence-corrected chi connectivity index (χ1v) is 7.33. The molecule has 0 aliphatic heterocycles. The van der Waals surface area contributed by atoms with Gasteiger partial charge >= 0.3 is 0 Å². The van der Waals surface area contributed by atoms with E-state index in [0.717, 1.165) is 8.95 Å². The second-order valence-corrected chi connectivity index (χ2v) is 5.94. The molecule has 0 atom stereocenters. The predicted molar refractivity (Wildman–Crippen MR) is 81.7 cm³/mol. The zero-order chi connectivity index (χ0) is 13.1. The highest BCUT2D eigenvalue weighted by Gasteiger charge is 2.11. The molecule has 18 heavy (non-hydrogen) atoms. The second-order valence-electron chi connectivity index (χ2n) is 3.42. The lowest BCUT2D eigenvalue weighted by Gasteiger charge is -2.09. The molecule has 0 unspecified atom stereocenters. The first-order chi connectivity index (χ1) is 8.58. The van der Waals surface area contributed by atoms with Gasteiger partial charge in [-0.05, 0) is 72.1 Å². The Hall–Kier alpha value is -0.720. The Morgan fingerprint density at radius 2 is 1.72 bits per heavy atom. The van der Waals surface area contributed by atoms with Crippen molar-refractivity contribution in [1.29, 1.82) is 0 Å². The van der Waals surface area contributed by atoms with Crippen LogP contribution in [0.3, 0.4) is 0 Å². The average Bonchev–Trinajstić information content (AvgIpc) is 2.34. The van der Waals surface area contributed by atoms with Crippen LogP contribution in [0.2, 0.25) is 0 Å². The third-order valence-electron chi connectivity index (χ3n) is 2.19. The number of benzene rings is 1. The Kier molecular flexibility index (Phi) is 4.53. The summed E-state index contributed by atoms with van der Waals surface area (Å²) in [4.78, 5) is 16.0. The van der Waals surface area contributed by atoms with Gasteiger partial charge in [0.05, 0.1) is 11.3 Å². The van der Waals surface area contributed by atoms with E-state index >= 15 is 0 Å².